The van der Waals surface area contributed by atoms with Crippen molar-refractivity contribution in [2.24, 2.45) is 5.92 Å². The molecule has 1 aromatic heterocycles. The topological polar surface area (TPSA) is 56.6 Å². The molecule has 2 heterocycles. The van der Waals surface area contributed by atoms with E-state index in [1.165, 1.54) is 19.3 Å². The largest absolute Gasteiger partial charge is 0.382 e. The van der Waals surface area contributed by atoms with E-state index in [4.69, 9.17) is 9.47 Å². The lowest BCUT2D eigenvalue weighted by atomic mass is 9.85. The lowest BCUT2D eigenvalue weighted by Gasteiger charge is -2.33. The first-order valence-electron chi connectivity index (χ1n) is 9.13. The second-order valence-corrected chi connectivity index (χ2v) is 6.96. The molecule has 0 unspecified atom stereocenters. The molecule has 1 saturated carbocycles. The van der Waals surface area contributed by atoms with Gasteiger partial charge in [-0.3, -0.25) is 4.79 Å². The Morgan fingerprint density at radius 1 is 1.29 bits per heavy atom. The number of imidazole rings is 1. The number of ether oxygens (including phenoxy) is 2. The predicted octanol–water partition coefficient (Wildman–Crippen LogP) is 2.05. The van der Waals surface area contributed by atoms with Gasteiger partial charge in [-0.2, -0.15) is 0 Å². The van der Waals surface area contributed by atoms with Crippen molar-refractivity contribution < 1.29 is 14.3 Å². The highest BCUT2D eigenvalue weighted by Crippen LogP contribution is 2.31. The van der Waals surface area contributed by atoms with Gasteiger partial charge in [0.05, 0.1) is 13.2 Å². The van der Waals surface area contributed by atoms with Gasteiger partial charge in [-0.15, -0.1) is 0 Å². The van der Waals surface area contributed by atoms with Gasteiger partial charge in [0.25, 0.3) is 0 Å². The van der Waals surface area contributed by atoms with Gasteiger partial charge in [-0.1, -0.05) is 6.42 Å². The van der Waals surface area contributed by atoms with E-state index in [9.17, 15) is 4.79 Å². The monoisotopic (exact) mass is 335 g/mol. The summed E-state index contributed by atoms with van der Waals surface area (Å²) < 4.78 is 12.6. The zero-order chi connectivity index (χ0) is 16.8. The molecule has 1 amide bonds. The molecule has 0 radical (unpaired) electrons. The molecule has 3 rings (SSSR count). The van der Waals surface area contributed by atoms with Crippen molar-refractivity contribution in [3.05, 3.63) is 18.2 Å². The minimum atomic E-state index is 0.0768. The zero-order valence-electron chi connectivity index (χ0n) is 14.7. The van der Waals surface area contributed by atoms with Crippen LogP contribution in [0.5, 0.6) is 0 Å². The number of piperidine rings is 1. The fraction of sp³-hybridized carbons (Fsp3) is 0.778. The minimum Gasteiger partial charge on any atom is -0.382 e. The van der Waals surface area contributed by atoms with Crippen molar-refractivity contribution in [3.8, 4) is 0 Å². The average molecular weight is 335 g/mol. The molecule has 0 spiro atoms. The van der Waals surface area contributed by atoms with E-state index in [0.29, 0.717) is 19.1 Å². The normalized spacial score (nSPS) is 21.7. The molecule has 1 aliphatic carbocycles. The Bertz CT molecular complexity index is 527. The fourth-order valence-electron chi connectivity index (χ4n) is 3.60. The second-order valence-electron chi connectivity index (χ2n) is 6.96. The Labute approximate surface area is 144 Å². The molecule has 6 nitrogen and oxygen atoms in total. The van der Waals surface area contributed by atoms with E-state index in [2.05, 4.69) is 15.7 Å². The number of amides is 1. The van der Waals surface area contributed by atoms with Crippen LogP contribution in [-0.2, 0) is 20.8 Å². The first-order valence-corrected chi connectivity index (χ1v) is 9.13. The van der Waals surface area contributed by atoms with Crippen LogP contribution >= 0.6 is 0 Å². The van der Waals surface area contributed by atoms with Crippen molar-refractivity contribution >= 4 is 5.91 Å². The lowest BCUT2D eigenvalue weighted by Crippen LogP contribution is -2.41. The molecular formula is C18H29N3O3. The van der Waals surface area contributed by atoms with E-state index in [-0.39, 0.29) is 12.5 Å². The number of aromatic nitrogens is 2. The van der Waals surface area contributed by atoms with Gasteiger partial charge >= 0.3 is 0 Å². The van der Waals surface area contributed by atoms with Crippen molar-refractivity contribution in [1.82, 2.24) is 14.5 Å². The molecule has 1 saturated heterocycles. The standard InChI is InChI=1S/C18H29N3O3/c1-23-10-11-24-14-17(22)20-8-3-6-16(13-20)18-19-7-9-21(18)12-15-4-2-5-15/h7,9,15-16H,2-6,8,10-14H2,1H3/t16-/m1/s1. The number of nitrogens with zero attached hydrogens (tertiary/aromatic N) is 3. The summed E-state index contributed by atoms with van der Waals surface area (Å²) in [6, 6.07) is 0. The van der Waals surface area contributed by atoms with Gasteiger partial charge in [0.2, 0.25) is 5.91 Å². The Morgan fingerprint density at radius 3 is 2.92 bits per heavy atom. The van der Waals surface area contributed by atoms with E-state index >= 15 is 0 Å². The number of hydrogen-bond donors (Lipinski definition) is 0. The Morgan fingerprint density at radius 2 is 2.17 bits per heavy atom. The zero-order valence-corrected chi connectivity index (χ0v) is 14.7. The summed E-state index contributed by atoms with van der Waals surface area (Å²) >= 11 is 0. The van der Waals surface area contributed by atoms with Gasteiger partial charge < -0.3 is 18.9 Å². The summed E-state index contributed by atoms with van der Waals surface area (Å²) in [6.45, 7) is 3.80. The number of likely N-dealkylation sites (tertiary alicyclic amines) is 1. The third kappa shape index (κ3) is 4.36. The summed E-state index contributed by atoms with van der Waals surface area (Å²) in [5.41, 5.74) is 0. The lowest BCUT2D eigenvalue weighted by molar-refractivity contribution is -0.137. The third-order valence-corrected chi connectivity index (χ3v) is 5.22. The number of methoxy groups -OCH3 is 1. The number of carbonyl (C=O) groups is 1. The quantitative estimate of drug-likeness (QED) is 0.682. The fourth-order valence-corrected chi connectivity index (χ4v) is 3.60. The Kier molecular flexibility index (Phi) is 6.26. The maximum Gasteiger partial charge on any atom is 0.248 e. The molecule has 1 aromatic rings. The average Bonchev–Trinajstić information content (AvgIpc) is 3.03. The Balaban J connectivity index is 1.53. The van der Waals surface area contributed by atoms with Crippen LogP contribution < -0.4 is 0 Å². The molecule has 1 aliphatic heterocycles. The van der Waals surface area contributed by atoms with Crippen LogP contribution in [0.4, 0.5) is 0 Å². The molecule has 24 heavy (non-hydrogen) atoms. The van der Waals surface area contributed by atoms with E-state index in [0.717, 1.165) is 44.2 Å². The summed E-state index contributed by atoms with van der Waals surface area (Å²) in [7, 11) is 1.63. The van der Waals surface area contributed by atoms with Crippen LogP contribution in [0.25, 0.3) is 0 Å². The number of rotatable bonds is 8. The van der Waals surface area contributed by atoms with Crippen molar-refractivity contribution in [3.63, 3.8) is 0 Å². The highest BCUT2D eigenvalue weighted by molar-refractivity contribution is 5.77. The van der Waals surface area contributed by atoms with Crippen LogP contribution in [-0.4, -0.2) is 60.4 Å². The first-order chi connectivity index (χ1) is 11.8. The molecule has 134 valence electrons. The number of hydrogen-bond acceptors (Lipinski definition) is 4. The third-order valence-electron chi connectivity index (χ3n) is 5.22. The molecule has 0 aromatic carbocycles. The van der Waals surface area contributed by atoms with Gasteiger partial charge in [-0.05, 0) is 31.6 Å². The van der Waals surface area contributed by atoms with Crippen LogP contribution in [0.15, 0.2) is 12.4 Å². The highest BCUT2D eigenvalue weighted by atomic mass is 16.5. The summed E-state index contributed by atoms with van der Waals surface area (Å²) in [4.78, 5) is 18.9. The van der Waals surface area contributed by atoms with Crippen LogP contribution in [0.2, 0.25) is 0 Å². The van der Waals surface area contributed by atoms with Crippen molar-refractivity contribution in [2.75, 3.05) is 40.0 Å². The van der Waals surface area contributed by atoms with E-state index < -0.39 is 0 Å². The summed E-state index contributed by atoms with van der Waals surface area (Å²) in [5, 5.41) is 0. The molecule has 6 heteroatoms. The van der Waals surface area contributed by atoms with Gasteiger partial charge in [0.1, 0.15) is 12.4 Å². The van der Waals surface area contributed by atoms with Gasteiger partial charge in [0.15, 0.2) is 0 Å². The van der Waals surface area contributed by atoms with Gasteiger partial charge in [0, 0.05) is 45.1 Å². The van der Waals surface area contributed by atoms with Crippen LogP contribution in [0, 0.1) is 5.92 Å². The predicted molar refractivity (Wildman–Crippen MR) is 90.8 cm³/mol. The maximum atomic E-state index is 12.3. The number of carbonyl (C=O) groups excluding carboxylic acids is 1. The highest BCUT2D eigenvalue weighted by Gasteiger charge is 2.28. The van der Waals surface area contributed by atoms with Crippen LogP contribution in [0.1, 0.15) is 43.8 Å². The van der Waals surface area contributed by atoms with E-state index in [1.807, 2.05) is 11.1 Å². The molecule has 0 N–H and O–H groups in total. The summed E-state index contributed by atoms with van der Waals surface area (Å²) in [5.74, 6) is 2.39. The maximum absolute atomic E-state index is 12.3. The van der Waals surface area contributed by atoms with Crippen molar-refractivity contribution in [2.45, 2.75) is 44.6 Å². The Hall–Kier alpha value is -1.40. The first kappa shape index (κ1) is 17.4. The molecular weight excluding hydrogens is 306 g/mol. The SMILES string of the molecule is COCCOCC(=O)N1CCC[C@@H](c2nccn2CC2CCC2)C1. The molecule has 2 aliphatic rings. The molecule has 2 fully saturated rings. The van der Waals surface area contributed by atoms with Gasteiger partial charge in [-0.25, -0.2) is 4.98 Å². The van der Waals surface area contributed by atoms with E-state index in [1.54, 1.807) is 7.11 Å². The minimum absolute atomic E-state index is 0.0768. The second kappa shape index (κ2) is 8.62. The smallest absolute Gasteiger partial charge is 0.248 e. The molecule has 0 bridgehead atoms. The van der Waals surface area contributed by atoms with Crippen LogP contribution in [0.3, 0.4) is 0 Å². The summed E-state index contributed by atoms with van der Waals surface area (Å²) in [6.07, 6.45) is 10.2. The molecule has 1 atom stereocenters. The van der Waals surface area contributed by atoms with Crippen molar-refractivity contribution in [1.29, 1.82) is 0 Å².